The third kappa shape index (κ3) is 2.88. The molecule has 0 bridgehead atoms. The van der Waals surface area contributed by atoms with Crippen LogP contribution in [0.2, 0.25) is 0 Å². The first kappa shape index (κ1) is 12.6. The normalized spacial score (nSPS) is 11.1. The average Bonchev–Trinajstić information content (AvgIpc) is 2.48. The largest absolute Gasteiger partial charge is 0.362 e. The number of aromatic nitrogens is 1. The fourth-order valence-electron chi connectivity index (χ4n) is 1.76. The summed E-state index contributed by atoms with van der Waals surface area (Å²) in [6, 6.07) is 15.5. The molecule has 1 N–H and O–H groups in total. The van der Waals surface area contributed by atoms with Gasteiger partial charge in [-0.05, 0) is 18.6 Å². The second-order valence-corrected chi connectivity index (χ2v) is 4.12. The molecule has 0 radical (unpaired) electrons. The summed E-state index contributed by atoms with van der Waals surface area (Å²) in [6.45, 7) is 2.00. The number of rotatable bonds is 3. The van der Waals surface area contributed by atoms with E-state index in [9.17, 15) is 0 Å². The number of anilines is 1. The van der Waals surface area contributed by atoms with Crippen LogP contribution in [0.25, 0.3) is 0 Å². The van der Waals surface area contributed by atoms with Crippen LogP contribution in [0, 0.1) is 22.7 Å². The maximum Gasteiger partial charge on any atom is 0.144 e. The Morgan fingerprint density at radius 3 is 2.53 bits per heavy atom. The molecule has 2 aromatic rings. The van der Waals surface area contributed by atoms with Crippen LogP contribution in [0.15, 0.2) is 42.6 Å². The van der Waals surface area contributed by atoms with Crippen molar-refractivity contribution in [1.82, 2.24) is 4.98 Å². The molecular formula is C15H12N4. The van der Waals surface area contributed by atoms with Gasteiger partial charge in [-0.15, -0.1) is 0 Å². The van der Waals surface area contributed by atoms with E-state index in [2.05, 4.69) is 16.4 Å². The summed E-state index contributed by atoms with van der Waals surface area (Å²) in [5.74, 6) is 0.498. The Bertz CT molecular complexity index is 650. The van der Waals surface area contributed by atoms with Gasteiger partial charge in [0.25, 0.3) is 0 Å². The summed E-state index contributed by atoms with van der Waals surface area (Å²) < 4.78 is 0. The van der Waals surface area contributed by atoms with Crippen LogP contribution in [-0.2, 0) is 0 Å². The predicted octanol–water partition coefficient (Wildman–Crippen LogP) is 3.00. The Morgan fingerprint density at radius 2 is 1.89 bits per heavy atom. The topological polar surface area (TPSA) is 72.5 Å². The van der Waals surface area contributed by atoms with E-state index in [1.54, 1.807) is 0 Å². The molecule has 1 aromatic carbocycles. The molecule has 0 fully saturated rings. The van der Waals surface area contributed by atoms with Gasteiger partial charge in [0.1, 0.15) is 18.0 Å². The quantitative estimate of drug-likeness (QED) is 0.906. The van der Waals surface area contributed by atoms with Crippen LogP contribution < -0.4 is 5.32 Å². The average molecular weight is 248 g/mol. The Morgan fingerprint density at radius 1 is 1.16 bits per heavy atom. The highest BCUT2D eigenvalue weighted by molar-refractivity contribution is 5.55. The van der Waals surface area contributed by atoms with Crippen LogP contribution in [0.4, 0.5) is 5.82 Å². The number of nitrogens with zero attached hydrogens (tertiary/aromatic N) is 3. The standard InChI is InChI=1S/C15H12N4/c1-11(13-5-3-2-4-6-13)19-15-14(9-17)7-12(8-16)10-18-15/h2-7,10-11H,1H3,(H,18,19)/t11-/m0/s1. The number of pyridine rings is 1. The van der Waals surface area contributed by atoms with Crippen LogP contribution in [0.1, 0.15) is 29.7 Å². The zero-order chi connectivity index (χ0) is 13.7. The molecule has 0 saturated heterocycles. The highest BCUT2D eigenvalue weighted by atomic mass is 15.0. The third-order valence-corrected chi connectivity index (χ3v) is 2.79. The summed E-state index contributed by atoms with van der Waals surface area (Å²) in [7, 11) is 0. The first-order chi connectivity index (χ1) is 9.24. The van der Waals surface area contributed by atoms with Crippen molar-refractivity contribution < 1.29 is 0 Å². The maximum absolute atomic E-state index is 9.08. The monoisotopic (exact) mass is 248 g/mol. The highest BCUT2D eigenvalue weighted by Gasteiger charge is 2.10. The van der Waals surface area contributed by atoms with E-state index in [1.807, 2.05) is 43.3 Å². The van der Waals surface area contributed by atoms with Crippen molar-refractivity contribution in [2.75, 3.05) is 5.32 Å². The molecule has 4 nitrogen and oxygen atoms in total. The molecule has 0 aliphatic heterocycles. The first-order valence-corrected chi connectivity index (χ1v) is 5.86. The smallest absolute Gasteiger partial charge is 0.144 e. The second-order valence-electron chi connectivity index (χ2n) is 4.12. The van der Waals surface area contributed by atoms with E-state index < -0.39 is 0 Å². The van der Waals surface area contributed by atoms with Gasteiger partial charge in [0.05, 0.1) is 11.1 Å². The van der Waals surface area contributed by atoms with E-state index >= 15 is 0 Å². The molecule has 1 aromatic heterocycles. The number of hydrogen-bond acceptors (Lipinski definition) is 4. The fourth-order valence-corrected chi connectivity index (χ4v) is 1.76. The van der Waals surface area contributed by atoms with Gasteiger partial charge in [-0.25, -0.2) is 4.98 Å². The molecule has 0 aliphatic carbocycles. The van der Waals surface area contributed by atoms with Crippen LogP contribution in [-0.4, -0.2) is 4.98 Å². The lowest BCUT2D eigenvalue weighted by Crippen LogP contribution is -2.09. The lowest BCUT2D eigenvalue weighted by atomic mass is 10.1. The lowest BCUT2D eigenvalue weighted by molar-refractivity contribution is 0.873. The molecule has 0 spiro atoms. The summed E-state index contributed by atoms with van der Waals surface area (Å²) in [6.07, 6.45) is 1.46. The summed E-state index contributed by atoms with van der Waals surface area (Å²) in [5.41, 5.74) is 1.87. The van der Waals surface area contributed by atoms with Crippen molar-refractivity contribution in [3.8, 4) is 12.1 Å². The summed E-state index contributed by atoms with van der Waals surface area (Å²) >= 11 is 0. The highest BCUT2D eigenvalue weighted by Crippen LogP contribution is 2.20. The van der Waals surface area contributed by atoms with Gasteiger partial charge in [-0.2, -0.15) is 10.5 Å². The van der Waals surface area contributed by atoms with Crippen LogP contribution in [0.5, 0.6) is 0 Å². The molecular weight excluding hydrogens is 236 g/mol. The zero-order valence-electron chi connectivity index (χ0n) is 10.5. The molecule has 0 unspecified atom stereocenters. The Hall–Kier alpha value is -2.85. The minimum Gasteiger partial charge on any atom is -0.362 e. The first-order valence-electron chi connectivity index (χ1n) is 5.86. The molecule has 92 valence electrons. The number of benzene rings is 1. The lowest BCUT2D eigenvalue weighted by Gasteiger charge is -2.15. The molecule has 0 aliphatic rings. The van der Waals surface area contributed by atoms with E-state index in [-0.39, 0.29) is 6.04 Å². The molecule has 0 amide bonds. The third-order valence-electron chi connectivity index (χ3n) is 2.79. The molecule has 0 saturated carbocycles. The van der Waals surface area contributed by atoms with E-state index in [0.717, 1.165) is 5.56 Å². The minimum atomic E-state index is 0.0359. The van der Waals surface area contributed by atoms with Crippen molar-refractivity contribution >= 4 is 5.82 Å². The van der Waals surface area contributed by atoms with E-state index in [4.69, 9.17) is 10.5 Å². The second kappa shape index (κ2) is 5.66. The van der Waals surface area contributed by atoms with E-state index in [1.165, 1.54) is 12.3 Å². The van der Waals surface area contributed by atoms with Crippen molar-refractivity contribution in [2.45, 2.75) is 13.0 Å². The molecule has 2 rings (SSSR count). The molecule has 1 heterocycles. The van der Waals surface area contributed by atoms with Gasteiger partial charge in [-0.1, -0.05) is 30.3 Å². The maximum atomic E-state index is 9.08. The van der Waals surface area contributed by atoms with E-state index in [0.29, 0.717) is 16.9 Å². The van der Waals surface area contributed by atoms with Gasteiger partial charge in [0.15, 0.2) is 0 Å². The number of hydrogen-bond donors (Lipinski definition) is 1. The Balaban J connectivity index is 2.25. The molecule has 19 heavy (non-hydrogen) atoms. The zero-order valence-corrected chi connectivity index (χ0v) is 10.5. The SMILES string of the molecule is C[C@H](Nc1ncc(C#N)cc1C#N)c1ccccc1. The minimum absolute atomic E-state index is 0.0359. The summed E-state index contributed by atoms with van der Waals surface area (Å²) in [4.78, 5) is 4.13. The fraction of sp³-hybridized carbons (Fsp3) is 0.133. The van der Waals surface area contributed by atoms with Gasteiger partial charge in [0.2, 0.25) is 0 Å². The number of nitrogens with one attached hydrogen (secondary N) is 1. The molecule has 4 heteroatoms. The van der Waals surface area contributed by atoms with Crippen LogP contribution in [0.3, 0.4) is 0 Å². The van der Waals surface area contributed by atoms with Crippen molar-refractivity contribution in [3.05, 3.63) is 59.3 Å². The van der Waals surface area contributed by atoms with Gasteiger partial charge >= 0.3 is 0 Å². The Labute approximate surface area is 112 Å². The van der Waals surface area contributed by atoms with Crippen molar-refractivity contribution in [2.24, 2.45) is 0 Å². The Kier molecular flexibility index (Phi) is 3.75. The van der Waals surface area contributed by atoms with Crippen molar-refractivity contribution in [1.29, 1.82) is 10.5 Å². The number of nitriles is 2. The van der Waals surface area contributed by atoms with Gasteiger partial charge in [0, 0.05) is 12.2 Å². The summed E-state index contributed by atoms with van der Waals surface area (Å²) in [5, 5.41) is 21.1. The predicted molar refractivity (Wildman–Crippen MR) is 72.1 cm³/mol. The van der Waals surface area contributed by atoms with Crippen molar-refractivity contribution in [3.63, 3.8) is 0 Å². The van der Waals surface area contributed by atoms with Gasteiger partial charge in [-0.3, -0.25) is 0 Å². The van der Waals surface area contributed by atoms with Gasteiger partial charge < -0.3 is 5.32 Å². The van der Waals surface area contributed by atoms with Crippen LogP contribution >= 0.6 is 0 Å². The molecule has 1 atom stereocenters.